The normalized spacial score (nSPS) is 11.4. The molecule has 0 fully saturated rings. The van der Waals surface area contributed by atoms with E-state index in [0.717, 1.165) is 11.1 Å². The molecule has 7 heteroatoms. The van der Waals surface area contributed by atoms with Gasteiger partial charge in [0, 0.05) is 36.4 Å². The number of anilines is 1. The summed E-state index contributed by atoms with van der Waals surface area (Å²) in [6.45, 7) is 0.716. The van der Waals surface area contributed by atoms with Crippen LogP contribution < -0.4 is 5.32 Å². The maximum absolute atomic E-state index is 13.7. The van der Waals surface area contributed by atoms with Crippen molar-refractivity contribution in [3.05, 3.63) is 71.0 Å². The van der Waals surface area contributed by atoms with E-state index in [2.05, 4.69) is 10.4 Å². The van der Waals surface area contributed by atoms with Gasteiger partial charge in [-0.25, -0.2) is 0 Å². The van der Waals surface area contributed by atoms with E-state index < -0.39 is 17.5 Å². The SMILES string of the molecule is Cn1cc(C(=O)Nc2ccccc2-c2ccc(Cl)cc2)c(C(C)(F)F)n1. The lowest BCUT2D eigenvalue weighted by Gasteiger charge is -2.13. The average Bonchev–Trinajstić information content (AvgIpc) is 2.99. The highest BCUT2D eigenvalue weighted by Gasteiger charge is 2.33. The molecule has 26 heavy (non-hydrogen) atoms. The third kappa shape index (κ3) is 3.75. The highest BCUT2D eigenvalue weighted by atomic mass is 35.5. The van der Waals surface area contributed by atoms with Gasteiger partial charge >= 0.3 is 0 Å². The van der Waals surface area contributed by atoms with E-state index in [1.807, 2.05) is 24.3 Å². The lowest BCUT2D eigenvalue weighted by atomic mass is 10.0. The summed E-state index contributed by atoms with van der Waals surface area (Å²) in [6.07, 6.45) is 1.28. The second-order valence-corrected chi connectivity index (χ2v) is 6.40. The van der Waals surface area contributed by atoms with Gasteiger partial charge in [0.2, 0.25) is 0 Å². The molecule has 1 N–H and O–H groups in total. The maximum atomic E-state index is 13.7. The summed E-state index contributed by atoms with van der Waals surface area (Å²) >= 11 is 5.92. The van der Waals surface area contributed by atoms with E-state index in [-0.39, 0.29) is 5.56 Å². The highest BCUT2D eigenvalue weighted by Crippen LogP contribution is 2.31. The van der Waals surface area contributed by atoms with Crippen LogP contribution in [0.1, 0.15) is 23.0 Å². The molecule has 1 aromatic heterocycles. The number of alkyl halides is 2. The topological polar surface area (TPSA) is 46.9 Å². The number of hydrogen-bond acceptors (Lipinski definition) is 2. The Labute approximate surface area is 154 Å². The van der Waals surface area contributed by atoms with Crippen molar-refractivity contribution >= 4 is 23.2 Å². The van der Waals surface area contributed by atoms with Crippen LogP contribution in [0.4, 0.5) is 14.5 Å². The standard InChI is InChI=1S/C19H16ClF2N3O/c1-19(21,22)17-15(11-25(2)24-17)18(26)23-16-6-4-3-5-14(16)12-7-9-13(20)10-8-12/h3-11H,1-2H3,(H,23,26). The first kappa shape index (κ1) is 18.1. The Morgan fingerprint density at radius 1 is 1.15 bits per heavy atom. The first-order valence-electron chi connectivity index (χ1n) is 7.84. The van der Waals surface area contributed by atoms with Gasteiger partial charge in [0.1, 0.15) is 5.69 Å². The van der Waals surface area contributed by atoms with Crippen LogP contribution in [0.5, 0.6) is 0 Å². The number of carbonyl (C=O) groups excluding carboxylic acids is 1. The molecule has 1 amide bonds. The van der Waals surface area contributed by atoms with Crippen molar-refractivity contribution in [2.75, 3.05) is 5.32 Å². The predicted molar refractivity (Wildman–Crippen MR) is 97.6 cm³/mol. The molecule has 3 aromatic rings. The van der Waals surface area contributed by atoms with Crippen molar-refractivity contribution < 1.29 is 13.6 Å². The summed E-state index contributed by atoms with van der Waals surface area (Å²) < 4.78 is 28.7. The van der Waals surface area contributed by atoms with Gasteiger partial charge in [-0.3, -0.25) is 9.48 Å². The number of halogens is 3. The molecule has 4 nitrogen and oxygen atoms in total. The van der Waals surface area contributed by atoms with Gasteiger partial charge in [0.25, 0.3) is 11.8 Å². The summed E-state index contributed by atoms with van der Waals surface area (Å²) in [4.78, 5) is 12.6. The number of carbonyl (C=O) groups is 1. The number of rotatable bonds is 4. The second kappa shape index (κ2) is 6.88. The van der Waals surface area contributed by atoms with Gasteiger partial charge in [0.15, 0.2) is 0 Å². The van der Waals surface area contributed by atoms with Crippen LogP contribution >= 0.6 is 11.6 Å². The number of benzene rings is 2. The number of nitrogens with zero attached hydrogens (tertiary/aromatic N) is 2. The molecule has 0 saturated heterocycles. The Balaban J connectivity index is 1.96. The van der Waals surface area contributed by atoms with Crippen molar-refractivity contribution in [2.45, 2.75) is 12.8 Å². The zero-order chi connectivity index (χ0) is 18.9. The molecule has 0 spiro atoms. The van der Waals surface area contributed by atoms with Gasteiger partial charge < -0.3 is 5.32 Å². The van der Waals surface area contributed by atoms with E-state index in [9.17, 15) is 13.6 Å². The Hall–Kier alpha value is -2.73. The van der Waals surface area contributed by atoms with E-state index in [1.54, 1.807) is 24.3 Å². The molecule has 0 aliphatic heterocycles. The summed E-state index contributed by atoms with van der Waals surface area (Å²) in [5, 5.41) is 7.03. The predicted octanol–water partition coefficient (Wildman–Crippen LogP) is 5.10. The van der Waals surface area contributed by atoms with Crippen molar-refractivity contribution in [1.29, 1.82) is 0 Å². The fourth-order valence-electron chi connectivity index (χ4n) is 2.64. The van der Waals surface area contributed by atoms with Crippen LogP contribution in [0, 0.1) is 0 Å². The first-order chi connectivity index (χ1) is 12.3. The van der Waals surface area contributed by atoms with Crippen molar-refractivity contribution in [3.8, 4) is 11.1 Å². The molecule has 1 heterocycles. The lowest BCUT2D eigenvalue weighted by Crippen LogP contribution is -2.18. The van der Waals surface area contributed by atoms with Gasteiger partial charge in [-0.05, 0) is 23.8 Å². The molecule has 0 unspecified atom stereocenters. The molecule has 0 radical (unpaired) electrons. The Kier molecular flexibility index (Phi) is 4.78. The summed E-state index contributed by atoms with van der Waals surface area (Å²) in [5.74, 6) is -3.86. The second-order valence-electron chi connectivity index (χ2n) is 5.96. The third-order valence-corrected chi connectivity index (χ3v) is 4.07. The number of aryl methyl sites for hydroxylation is 1. The quantitative estimate of drug-likeness (QED) is 0.689. The summed E-state index contributed by atoms with van der Waals surface area (Å²) in [5.41, 5.74) is 1.39. The Morgan fingerprint density at radius 3 is 2.46 bits per heavy atom. The van der Waals surface area contributed by atoms with Gasteiger partial charge in [0.05, 0.1) is 5.56 Å². The number of para-hydroxylation sites is 1. The van der Waals surface area contributed by atoms with Crippen LogP contribution in [0.2, 0.25) is 5.02 Å². The number of hydrogen-bond donors (Lipinski definition) is 1. The van der Waals surface area contributed by atoms with Crippen molar-refractivity contribution in [1.82, 2.24) is 9.78 Å². The number of amides is 1. The van der Waals surface area contributed by atoms with Crippen molar-refractivity contribution in [3.63, 3.8) is 0 Å². The monoisotopic (exact) mass is 375 g/mol. The van der Waals surface area contributed by atoms with Gasteiger partial charge in [-0.1, -0.05) is 41.9 Å². The molecule has 0 aliphatic carbocycles. The molecular formula is C19H16ClF2N3O. The largest absolute Gasteiger partial charge is 0.321 e. The summed E-state index contributed by atoms with van der Waals surface area (Å²) in [6, 6.07) is 14.3. The van der Waals surface area contributed by atoms with E-state index >= 15 is 0 Å². The zero-order valence-electron chi connectivity index (χ0n) is 14.1. The van der Waals surface area contributed by atoms with Crippen molar-refractivity contribution in [2.24, 2.45) is 7.05 Å². The Morgan fingerprint density at radius 2 is 1.81 bits per heavy atom. The molecule has 2 aromatic carbocycles. The minimum Gasteiger partial charge on any atom is -0.321 e. The number of aromatic nitrogens is 2. The van der Waals surface area contributed by atoms with Gasteiger partial charge in [-0.2, -0.15) is 13.9 Å². The summed E-state index contributed by atoms with van der Waals surface area (Å²) in [7, 11) is 1.49. The van der Waals surface area contributed by atoms with E-state index in [0.29, 0.717) is 17.6 Å². The van der Waals surface area contributed by atoms with Crippen LogP contribution in [-0.4, -0.2) is 15.7 Å². The molecular weight excluding hydrogens is 360 g/mol. The van der Waals surface area contributed by atoms with Crippen LogP contribution in [-0.2, 0) is 13.0 Å². The molecule has 0 saturated carbocycles. The average molecular weight is 376 g/mol. The fraction of sp³-hybridized carbons (Fsp3) is 0.158. The van der Waals surface area contributed by atoms with Crippen LogP contribution in [0.25, 0.3) is 11.1 Å². The molecule has 134 valence electrons. The molecule has 0 aliphatic rings. The zero-order valence-corrected chi connectivity index (χ0v) is 14.9. The maximum Gasteiger partial charge on any atom is 0.289 e. The fourth-order valence-corrected chi connectivity index (χ4v) is 2.77. The Bertz CT molecular complexity index is 946. The number of nitrogens with one attached hydrogen (secondary N) is 1. The van der Waals surface area contributed by atoms with Gasteiger partial charge in [-0.15, -0.1) is 0 Å². The first-order valence-corrected chi connectivity index (χ1v) is 8.22. The van der Waals surface area contributed by atoms with Crippen LogP contribution in [0.3, 0.4) is 0 Å². The molecule has 0 bridgehead atoms. The molecule has 3 rings (SSSR count). The third-order valence-electron chi connectivity index (χ3n) is 3.82. The molecule has 0 atom stereocenters. The van der Waals surface area contributed by atoms with E-state index in [4.69, 9.17) is 11.6 Å². The smallest absolute Gasteiger partial charge is 0.289 e. The van der Waals surface area contributed by atoms with E-state index in [1.165, 1.54) is 17.9 Å². The minimum atomic E-state index is -3.22. The highest BCUT2D eigenvalue weighted by molar-refractivity contribution is 6.30. The lowest BCUT2D eigenvalue weighted by molar-refractivity contribution is 0.0113. The van der Waals surface area contributed by atoms with Crippen LogP contribution in [0.15, 0.2) is 54.7 Å². The minimum absolute atomic E-state index is 0.161.